The number of benzene rings is 2. The van der Waals surface area contributed by atoms with Gasteiger partial charge in [0.1, 0.15) is 18.2 Å². The smallest absolute Gasteiger partial charge is 0.276 e. The molecule has 21 heavy (non-hydrogen) atoms. The fraction of sp³-hybridized carbons (Fsp3) is 0.200. The van der Waals surface area contributed by atoms with Crippen molar-refractivity contribution >= 4 is 5.69 Å². The average Bonchev–Trinajstić information content (AvgIpc) is 2.45. The maximum absolute atomic E-state index is 13.3. The van der Waals surface area contributed by atoms with Crippen molar-refractivity contribution in [3.63, 3.8) is 0 Å². The van der Waals surface area contributed by atoms with Crippen LogP contribution in [-0.4, -0.2) is 10.0 Å². The van der Waals surface area contributed by atoms with Crippen molar-refractivity contribution in [1.82, 2.24) is 0 Å². The summed E-state index contributed by atoms with van der Waals surface area (Å²) in [6, 6.07) is 9.96. The Bertz CT molecular complexity index is 658. The molecule has 1 atom stereocenters. The van der Waals surface area contributed by atoms with Crippen LogP contribution < -0.4 is 4.74 Å². The van der Waals surface area contributed by atoms with Crippen molar-refractivity contribution in [3.8, 4) is 5.75 Å². The van der Waals surface area contributed by atoms with E-state index < -0.39 is 16.8 Å². The Kier molecular flexibility index (Phi) is 4.49. The maximum atomic E-state index is 13.3. The summed E-state index contributed by atoms with van der Waals surface area (Å²) < 4.78 is 18.7. The summed E-state index contributed by atoms with van der Waals surface area (Å²) in [6.45, 7) is 1.45. The highest BCUT2D eigenvalue weighted by molar-refractivity contribution is 5.40. The Labute approximate surface area is 120 Å². The molecule has 0 saturated carbocycles. The lowest BCUT2D eigenvalue weighted by Gasteiger charge is -2.13. The van der Waals surface area contributed by atoms with Crippen LogP contribution in [0.25, 0.3) is 0 Å². The molecule has 0 heterocycles. The lowest BCUT2D eigenvalue weighted by atomic mass is 10.1. The van der Waals surface area contributed by atoms with Crippen LogP contribution in [0.1, 0.15) is 24.2 Å². The molecule has 2 aromatic rings. The molecule has 0 aliphatic rings. The number of aliphatic hydroxyl groups excluding tert-OH is 1. The van der Waals surface area contributed by atoms with Crippen LogP contribution in [0.2, 0.25) is 0 Å². The zero-order chi connectivity index (χ0) is 15.4. The third-order valence-electron chi connectivity index (χ3n) is 3.00. The van der Waals surface area contributed by atoms with E-state index in [1.54, 1.807) is 18.2 Å². The molecule has 0 aliphatic heterocycles. The number of hydrogen-bond acceptors (Lipinski definition) is 4. The van der Waals surface area contributed by atoms with Gasteiger partial charge >= 0.3 is 0 Å². The van der Waals surface area contributed by atoms with E-state index in [1.807, 2.05) is 0 Å². The number of nitro benzene ring substituents is 1. The molecular formula is C15H14FNO4. The Balaban J connectivity index is 2.24. The van der Waals surface area contributed by atoms with Gasteiger partial charge in [-0.25, -0.2) is 4.39 Å². The standard InChI is InChI=1S/C15H14FNO4/c1-10(18)13-7-6-12(16)8-15(13)21-9-11-4-2-3-5-14(11)17(19)20/h2-8,10,18H,9H2,1H3. The second-order valence-electron chi connectivity index (χ2n) is 4.53. The van der Waals surface area contributed by atoms with Crippen LogP contribution in [0, 0.1) is 15.9 Å². The van der Waals surface area contributed by atoms with E-state index in [2.05, 4.69) is 0 Å². The van der Waals surface area contributed by atoms with E-state index in [4.69, 9.17) is 4.74 Å². The molecule has 0 bridgehead atoms. The quantitative estimate of drug-likeness (QED) is 0.677. The predicted molar refractivity (Wildman–Crippen MR) is 74.5 cm³/mol. The van der Waals surface area contributed by atoms with Crippen LogP contribution in [0.15, 0.2) is 42.5 Å². The summed E-state index contributed by atoms with van der Waals surface area (Å²) >= 11 is 0. The summed E-state index contributed by atoms with van der Waals surface area (Å²) in [5.74, 6) is -0.333. The van der Waals surface area contributed by atoms with Gasteiger partial charge in [-0.15, -0.1) is 0 Å². The highest BCUT2D eigenvalue weighted by Gasteiger charge is 2.15. The average molecular weight is 291 g/mol. The molecule has 0 radical (unpaired) electrons. The van der Waals surface area contributed by atoms with Crippen LogP contribution in [0.3, 0.4) is 0 Å². The normalized spacial score (nSPS) is 12.0. The zero-order valence-electron chi connectivity index (χ0n) is 11.3. The van der Waals surface area contributed by atoms with E-state index in [1.165, 1.54) is 25.1 Å². The molecule has 5 nitrogen and oxygen atoms in total. The minimum Gasteiger partial charge on any atom is -0.488 e. The number of nitrogens with zero attached hydrogens (tertiary/aromatic N) is 1. The molecular weight excluding hydrogens is 277 g/mol. The van der Waals surface area contributed by atoms with Gasteiger partial charge in [0.2, 0.25) is 0 Å². The highest BCUT2D eigenvalue weighted by Crippen LogP contribution is 2.28. The number of hydrogen-bond donors (Lipinski definition) is 1. The second-order valence-corrected chi connectivity index (χ2v) is 4.53. The van der Waals surface area contributed by atoms with E-state index >= 15 is 0 Å². The molecule has 0 aromatic heterocycles. The van der Waals surface area contributed by atoms with E-state index in [0.29, 0.717) is 11.1 Å². The summed E-state index contributed by atoms with van der Waals surface area (Å²) in [6.07, 6.45) is -0.827. The third-order valence-corrected chi connectivity index (χ3v) is 3.00. The Morgan fingerprint density at radius 2 is 2.05 bits per heavy atom. The molecule has 6 heteroatoms. The van der Waals surface area contributed by atoms with E-state index in [9.17, 15) is 19.6 Å². The van der Waals surface area contributed by atoms with E-state index in [-0.39, 0.29) is 18.0 Å². The Hall–Kier alpha value is -2.47. The van der Waals surface area contributed by atoms with Gasteiger partial charge in [0.25, 0.3) is 5.69 Å². The number of aliphatic hydroxyl groups is 1. The molecule has 0 fully saturated rings. The molecule has 2 aromatic carbocycles. The van der Waals surface area contributed by atoms with Crippen molar-refractivity contribution in [3.05, 3.63) is 69.5 Å². The largest absolute Gasteiger partial charge is 0.488 e. The van der Waals surface area contributed by atoms with Gasteiger partial charge in [-0.1, -0.05) is 12.1 Å². The summed E-state index contributed by atoms with van der Waals surface area (Å²) in [7, 11) is 0. The van der Waals surface area contributed by atoms with Gasteiger partial charge in [-0.05, 0) is 25.1 Å². The van der Waals surface area contributed by atoms with Crippen molar-refractivity contribution < 1.29 is 19.2 Å². The molecule has 2 rings (SSSR count). The fourth-order valence-corrected chi connectivity index (χ4v) is 1.94. The lowest BCUT2D eigenvalue weighted by molar-refractivity contribution is -0.385. The van der Waals surface area contributed by atoms with Gasteiger partial charge in [-0.3, -0.25) is 10.1 Å². The van der Waals surface area contributed by atoms with Crippen molar-refractivity contribution in [2.75, 3.05) is 0 Å². The first-order chi connectivity index (χ1) is 9.99. The molecule has 1 N–H and O–H groups in total. The number of nitro groups is 1. The van der Waals surface area contributed by atoms with Gasteiger partial charge in [0, 0.05) is 17.7 Å². The predicted octanol–water partition coefficient (Wildman–Crippen LogP) is 3.37. The van der Waals surface area contributed by atoms with Crippen LogP contribution >= 0.6 is 0 Å². The van der Waals surface area contributed by atoms with Crippen LogP contribution in [-0.2, 0) is 6.61 Å². The number of para-hydroxylation sites is 1. The third kappa shape index (κ3) is 3.55. The minimum atomic E-state index is -0.827. The minimum absolute atomic E-state index is 0.0625. The molecule has 0 saturated heterocycles. The van der Waals surface area contributed by atoms with Crippen LogP contribution in [0.5, 0.6) is 5.75 Å². The number of ether oxygens (including phenoxy) is 1. The van der Waals surface area contributed by atoms with Gasteiger partial charge in [-0.2, -0.15) is 0 Å². The summed E-state index contributed by atoms with van der Waals surface area (Å²) in [4.78, 5) is 10.4. The van der Waals surface area contributed by atoms with Crippen LogP contribution in [0.4, 0.5) is 10.1 Å². The Morgan fingerprint density at radius 1 is 1.33 bits per heavy atom. The second kappa shape index (κ2) is 6.32. The molecule has 0 aliphatic carbocycles. The molecule has 110 valence electrons. The first-order valence-corrected chi connectivity index (χ1v) is 6.31. The lowest BCUT2D eigenvalue weighted by Crippen LogP contribution is -2.03. The first-order valence-electron chi connectivity index (χ1n) is 6.31. The van der Waals surface area contributed by atoms with E-state index in [0.717, 1.165) is 6.07 Å². The fourth-order valence-electron chi connectivity index (χ4n) is 1.94. The Morgan fingerprint density at radius 3 is 2.71 bits per heavy atom. The molecule has 0 spiro atoms. The number of halogens is 1. The number of rotatable bonds is 5. The molecule has 1 unspecified atom stereocenters. The van der Waals surface area contributed by atoms with Gasteiger partial charge in [0.05, 0.1) is 16.6 Å². The first kappa shape index (κ1) is 14.9. The zero-order valence-corrected chi connectivity index (χ0v) is 11.3. The monoisotopic (exact) mass is 291 g/mol. The topological polar surface area (TPSA) is 72.6 Å². The highest BCUT2D eigenvalue weighted by atomic mass is 19.1. The summed E-state index contributed by atoms with van der Waals surface area (Å²) in [5, 5.41) is 20.5. The summed E-state index contributed by atoms with van der Waals surface area (Å²) in [5.41, 5.74) is 0.741. The maximum Gasteiger partial charge on any atom is 0.276 e. The van der Waals surface area contributed by atoms with Gasteiger partial charge < -0.3 is 9.84 Å². The molecule has 0 amide bonds. The van der Waals surface area contributed by atoms with Crippen molar-refractivity contribution in [2.24, 2.45) is 0 Å². The van der Waals surface area contributed by atoms with Gasteiger partial charge in [0.15, 0.2) is 0 Å². The SMILES string of the molecule is CC(O)c1ccc(F)cc1OCc1ccccc1[N+](=O)[O-]. The van der Waals surface area contributed by atoms with Crippen molar-refractivity contribution in [2.45, 2.75) is 19.6 Å². The van der Waals surface area contributed by atoms with Crippen molar-refractivity contribution in [1.29, 1.82) is 0 Å².